The predicted octanol–water partition coefficient (Wildman–Crippen LogP) is 3.21. The predicted molar refractivity (Wildman–Crippen MR) is 119 cm³/mol. The number of nitrogens with zero attached hydrogens (tertiary/aromatic N) is 1. The van der Waals surface area contributed by atoms with Crippen molar-refractivity contribution >= 4 is 29.4 Å². The highest BCUT2D eigenvalue weighted by Gasteiger charge is 2.37. The molecule has 166 valence electrons. The maximum absolute atomic E-state index is 13.0. The van der Waals surface area contributed by atoms with Gasteiger partial charge in [-0.2, -0.15) is 0 Å². The Hall–Kier alpha value is -4.46. The third-order valence-corrected chi connectivity index (χ3v) is 5.09. The quantitative estimate of drug-likeness (QED) is 0.444. The molecular formula is C25H20N2O6. The van der Waals surface area contributed by atoms with Gasteiger partial charge in [-0.1, -0.05) is 48.5 Å². The highest BCUT2D eigenvalue weighted by Crippen LogP contribution is 2.25. The monoisotopic (exact) mass is 444 g/mol. The first-order chi connectivity index (χ1) is 16.0. The van der Waals surface area contributed by atoms with Gasteiger partial charge >= 0.3 is 5.97 Å². The molecule has 1 atom stereocenters. The number of rotatable bonds is 7. The number of anilines is 1. The number of carbonyl (C=O) groups is 4. The van der Waals surface area contributed by atoms with Gasteiger partial charge in [0, 0.05) is 17.3 Å². The van der Waals surface area contributed by atoms with Crippen LogP contribution in [0.3, 0.4) is 0 Å². The van der Waals surface area contributed by atoms with E-state index in [-0.39, 0.29) is 11.1 Å². The minimum absolute atomic E-state index is 0.227. The van der Waals surface area contributed by atoms with Crippen molar-refractivity contribution in [1.29, 1.82) is 0 Å². The lowest BCUT2D eigenvalue weighted by molar-refractivity contribution is -0.154. The minimum Gasteiger partial charge on any atom is -0.497 e. The van der Waals surface area contributed by atoms with Crippen molar-refractivity contribution in [1.82, 2.24) is 4.90 Å². The molecule has 8 nitrogen and oxygen atoms in total. The normalized spacial score (nSPS) is 13.3. The van der Waals surface area contributed by atoms with Crippen LogP contribution in [0.5, 0.6) is 5.75 Å². The molecule has 0 aliphatic carbocycles. The van der Waals surface area contributed by atoms with Gasteiger partial charge < -0.3 is 14.8 Å². The van der Waals surface area contributed by atoms with E-state index >= 15 is 0 Å². The Morgan fingerprint density at radius 1 is 0.879 bits per heavy atom. The number of benzene rings is 3. The fourth-order valence-corrected chi connectivity index (χ4v) is 3.49. The van der Waals surface area contributed by atoms with Gasteiger partial charge in [-0.15, -0.1) is 0 Å². The van der Waals surface area contributed by atoms with Crippen LogP contribution in [0.25, 0.3) is 0 Å². The molecule has 33 heavy (non-hydrogen) atoms. The molecule has 1 N–H and O–H groups in total. The fraction of sp³-hybridized carbons (Fsp3) is 0.120. The van der Waals surface area contributed by atoms with Gasteiger partial charge in [-0.3, -0.25) is 24.1 Å². The van der Waals surface area contributed by atoms with Gasteiger partial charge in [0.25, 0.3) is 17.7 Å². The van der Waals surface area contributed by atoms with E-state index in [1.54, 1.807) is 66.7 Å². The summed E-state index contributed by atoms with van der Waals surface area (Å²) >= 11 is 0. The number of esters is 1. The van der Waals surface area contributed by atoms with E-state index in [0.717, 1.165) is 4.90 Å². The van der Waals surface area contributed by atoms with Gasteiger partial charge in [-0.25, -0.2) is 0 Å². The van der Waals surface area contributed by atoms with Crippen LogP contribution in [0.4, 0.5) is 5.69 Å². The molecule has 0 unspecified atom stereocenters. The van der Waals surface area contributed by atoms with E-state index in [4.69, 9.17) is 9.47 Å². The maximum atomic E-state index is 13.0. The molecule has 4 rings (SSSR count). The molecule has 1 heterocycles. The minimum atomic E-state index is -1.29. The van der Waals surface area contributed by atoms with Crippen LogP contribution in [0.1, 0.15) is 32.4 Å². The van der Waals surface area contributed by atoms with Crippen molar-refractivity contribution in [3.05, 3.63) is 95.6 Å². The molecule has 0 radical (unpaired) electrons. The molecule has 0 spiro atoms. The Bertz CT molecular complexity index is 1190. The number of ether oxygens (including phenoxy) is 2. The second-order valence-electron chi connectivity index (χ2n) is 7.24. The van der Waals surface area contributed by atoms with Gasteiger partial charge in [0.05, 0.1) is 18.2 Å². The second-order valence-corrected chi connectivity index (χ2v) is 7.24. The number of hydrogen-bond acceptors (Lipinski definition) is 6. The summed E-state index contributed by atoms with van der Waals surface area (Å²) in [7, 11) is 1.51. The van der Waals surface area contributed by atoms with Gasteiger partial charge in [0.2, 0.25) is 6.10 Å². The lowest BCUT2D eigenvalue weighted by Gasteiger charge is -2.20. The van der Waals surface area contributed by atoms with Crippen LogP contribution < -0.4 is 10.1 Å². The van der Waals surface area contributed by atoms with E-state index in [2.05, 4.69) is 5.32 Å². The molecule has 8 heteroatoms. The molecule has 0 bridgehead atoms. The summed E-state index contributed by atoms with van der Waals surface area (Å²) < 4.78 is 10.6. The Morgan fingerprint density at radius 2 is 1.52 bits per heavy atom. The third kappa shape index (κ3) is 4.59. The molecule has 0 aromatic heterocycles. The summed E-state index contributed by atoms with van der Waals surface area (Å²) in [5.74, 6) is -2.09. The number of hydrogen-bond donors (Lipinski definition) is 1. The van der Waals surface area contributed by atoms with Crippen molar-refractivity contribution in [2.45, 2.75) is 6.10 Å². The van der Waals surface area contributed by atoms with Crippen molar-refractivity contribution in [2.24, 2.45) is 0 Å². The molecular weight excluding hydrogens is 424 g/mol. The number of methoxy groups -OCH3 is 1. The molecule has 3 aromatic carbocycles. The van der Waals surface area contributed by atoms with Crippen LogP contribution in [-0.4, -0.2) is 42.2 Å². The van der Waals surface area contributed by atoms with Crippen LogP contribution in [0.15, 0.2) is 78.9 Å². The number of carbonyl (C=O) groups excluding carboxylic acids is 4. The Balaban J connectivity index is 1.51. The van der Waals surface area contributed by atoms with Crippen molar-refractivity contribution in [2.75, 3.05) is 19.0 Å². The van der Waals surface area contributed by atoms with E-state index < -0.39 is 36.3 Å². The molecule has 0 saturated heterocycles. The summed E-state index contributed by atoms with van der Waals surface area (Å²) in [5, 5.41) is 2.70. The largest absolute Gasteiger partial charge is 0.497 e. The summed E-state index contributed by atoms with van der Waals surface area (Å²) in [6.45, 7) is -0.609. The first-order valence-electron chi connectivity index (χ1n) is 10.1. The second kappa shape index (κ2) is 9.35. The molecule has 3 aromatic rings. The maximum Gasteiger partial charge on any atom is 0.327 e. The van der Waals surface area contributed by atoms with Gasteiger partial charge in [0.15, 0.2) is 0 Å². The van der Waals surface area contributed by atoms with Gasteiger partial charge in [-0.05, 0) is 24.3 Å². The van der Waals surface area contributed by atoms with E-state index in [0.29, 0.717) is 17.0 Å². The number of fused-ring (bicyclic) bond motifs is 1. The Kier molecular flexibility index (Phi) is 6.17. The third-order valence-electron chi connectivity index (χ3n) is 5.09. The zero-order chi connectivity index (χ0) is 23.4. The Labute approximate surface area is 189 Å². The highest BCUT2D eigenvalue weighted by molar-refractivity contribution is 6.22. The molecule has 0 saturated carbocycles. The van der Waals surface area contributed by atoms with E-state index in [1.807, 2.05) is 0 Å². The molecule has 3 amide bonds. The average molecular weight is 444 g/mol. The molecule has 0 fully saturated rings. The molecule has 1 aliphatic rings. The number of imide groups is 1. The SMILES string of the molecule is COc1cccc(NC(=O)[C@H](OC(=O)CN2C(=O)c3ccccc3C2=O)c2ccccc2)c1. The standard InChI is InChI=1S/C25H20N2O6/c1-32-18-11-7-10-17(14-18)26-23(29)22(16-8-3-2-4-9-16)33-21(28)15-27-24(30)19-12-5-6-13-20(19)25(27)31/h2-14,22H,15H2,1H3,(H,26,29)/t22-/m1/s1. The lowest BCUT2D eigenvalue weighted by atomic mass is 10.1. The van der Waals surface area contributed by atoms with Gasteiger partial charge in [0.1, 0.15) is 12.3 Å². The molecule has 1 aliphatic heterocycles. The van der Waals surface area contributed by atoms with Crippen LogP contribution in [0, 0.1) is 0 Å². The zero-order valence-electron chi connectivity index (χ0n) is 17.7. The first-order valence-corrected chi connectivity index (χ1v) is 10.1. The smallest absolute Gasteiger partial charge is 0.327 e. The lowest BCUT2D eigenvalue weighted by Crippen LogP contribution is -2.37. The zero-order valence-corrected chi connectivity index (χ0v) is 17.7. The number of nitrogens with one attached hydrogen (secondary N) is 1. The van der Waals surface area contributed by atoms with E-state index in [1.165, 1.54) is 19.2 Å². The fourth-order valence-electron chi connectivity index (χ4n) is 3.49. The van der Waals surface area contributed by atoms with Crippen molar-refractivity contribution in [3.63, 3.8) is 0 Å². The summed E-state index contributed by atoms with van der Waals surface area (Å²) in [5.41, 5.74) is 1.35. The van der Waals surface area contributed by atoms with E-state index in [9.17, 15) is 19.2 Å². The highest BCUT2D eigenvalue weighted by atomic mass is 16.5. The van der Waals surface area contributed by atoms with Crippen LogP contribution >= 0.6 is 0 Å². The summed E-state index contributed by atoms with van der Waals surface area (Å²) in [6.07, 6.45) is -1.29. The Morgan fingerprint density at radius 3 is 2.15 bits per heavy atom. The van der Waals surface area contributed by atoms with Crippen molar-refractivity contribution < 1.29 is 28.7 Å². The average Bonchev–Trinajstić information content (AvgIpc) is 3.08. The number of amides is 3. The van der Waals surface area contributed by atoms with Crippen molar-refractivity contribution in [3.8, 4) is 5.75 Å². The summed E-state index contributed by atoms with van der Waals surface area (Å²) in [4.78, 5) is 51.6. The van der Waals surface area contributed by atoms with Crippen LogP contribution in [0.2, 0.25) is 0 Å². The van der Waals surface area contributed by atoms with Crippen LogP contribution in [-0.2, 0) is 14.3 Å². The topological polar surface area (TPSA) is 102 Å². The first kappa shape index (κ1) is 21.8. The summed E-state index contributed by atoms with van der Waals surface area (Å²) in [6, 6.07) is 21.5.